The first-order valence-corrected chi connectivity index (χ1v) is 5.73. The fourth-order valence-electron chi connectivity index (χ4n) is 1.77. The molecule has 0 aliphatic carbocycles. The van der Waals surface area contributed by atoms with Crippen molar-refractivity contribution >= 4 is 21.4 Å². The second-order valence-electron chi connectivity index (χ2n) is 3.72. The maximum absolute atomic E-state index is 5.70. The molecule has 0 saturated carbocycles. The molecular formula is C12H15NS. The lowest BCUT2D eigenvalue weighted by Gasteiger charge is -2.06. The van der Waals surface area contributed by atoms with Gasteiger partial charge in [-0.1, -0.05) is 25.1 Å². The Morgan fingerprint density at radius 3 is 2.71 bits per heavy atom. The highest BCUT2D eigenvalue weighted by Crippen LogP contribution is 2.34. The Balaban J connectivity index is 2.62. The Bertz CT molecular complexity index is 445. The van der Waals surface area contributed by atoms with Crippen LogP contribution in [0, 0.1) is 6.92 Å². The lowest BCUT2D eigenvalue weighted by atomic mass is 10.0. The minimum Gasteiger partial charge on any atom is -0.330 e. The summed E-state index contributed by atoms with van der Waals surface area (Å²) < 4.78 is 1.38. The summed E-state index contributed by atoms with van der Waals surface area (Å²) in [5.41, 5.74) is 7.11. The normalized spacial score (nSPS) is 13.4. The molecule has 1 aromatic heterocycles. The molecule has 14 heavy (non-hydrogen) atoms. The summed E-state index contributed by atoms with van der Waals surface area (Å²) >= 11 is 1.88. The molecule has 1 nitrogen and oxygen atoms in total. The van der Waals surface area contributed by atoms with Crippen LogP contribution in [0.2, 0.25) is 0 Å². The van der Waals surface area contributed by atoms with E-state index in [9.17, 15) is 0 Å². The van der Waals surface area contributed by atoms with Gasteiger partial charge in [0.05, 0.1) is 0 Å². The summed E-state index contributed by atoms with van der Waals surface area (Å²) in [6.45, 7) is 5.12. The van der Waals surface area contributed by atoms with E-state index in [1.807, 2.05) is 11.3 Å². The molecule has 0 radical (unpaired) electrons. The predicted molar refractivity (Wildman–Crippen MR) is 64.0 cm³/mol. The summed E-state index contributed by atoms with van der Waals surface area (Å²) in [5, 5.41) is 1.38. The fraction of sp³-hybridized carbons (Fsp3) is 0.333. The zero-order valence-corrected chi connectivity index (χ0v) is 9.40. The molecule has 2 heteroatoms. The van der Waals surface area contributed by atoms with Crippen molar-refractivity contribution in [2.45, 2.75) is 19.8 Å². The molecule has 0 aliphatic rings. The van der Waals surface area contributed by atoms with E-state index in [-0.39, 0.29) is 0 Å². The third-order valence-electron chi connectivity index (χ3n) is 2.68. The van der Waals surface area contributed by atoms with Crippen molar-refractivity contribution in [2.75, 3.05) is 6.54 Å². The molecule has 0 aliphatic heterocycles. The third-order valence-corrected chi connectivity index (χ3v) is 4.19. The SMILES string of the molecule is Cc1c(C(C)CN)sc2ccccc12. The van der Waals surface area contributed by atoms with Gasteiger partial charge in [-0.05, 0) is 30.5 Å². The zero-order valence-electron chi connectivity index (χ0n) is 8.58. The molecule has 74 valence electrons. The molecule has 0 spiro atoms. The minimum absolute atomic E-state index is 0.479. The average molecular weight is 205 g/mol. The number of rotatable bonds is 2. The number of nitrogens with two attached hydrogens (primary N) is 1. The highest BCUT2D eigenvalue weighted by Gasteiger charge is 2.12. The van der Waals surface area contributed by atoms with Crippen LogP contribution in [-0.2, 0) is 0 Å². The lowest BCUT2D eigenvalue weighted by Crippen LogP contribution is -2.08. The minimum atomic E-state index is 0.479. The summed E-state index contributed by atoms with van der Waals surface area (Å²) in [6.07, 6.45) is 0. The first-order chi connectivity index (χ1) is 6.74. The zero-order chi connectivity index (χ0) is 10.1. The van der Waals surface area contributed by atoms with Crippen molar-refractivity contribution in [1.29, 1.82) is 0 Å². The number of benzene rings is 1. The molecular weight excluding hydrogens is 190 g/mol. The van der Waals surface area contributed by atoms with Gasteiger partial charge in [0.2, 0.25) is 0 Å². The first-order valence-electron chi connectivity index (χ1n) is 4.92. The third kappa shape index (κ3) is 1.45. The second kappa shape index (κ2) is 3.71. The maximum Gasteiger partial charge on any atom is 0.0348 e. The lowest BCUT2D eigenvalue weighted by molar-refractivity contribution is 0.785. The van der Waals surface area contributed by atoms with Gasteiger partial charge in [-0.3, -0.25) is 0 Å². The van der Waals surface area contributed by atoms with Crippen LogP contribution in [0.15, 0.2) is 24.3 Å². The number of aryl methyl sites for hydroxylation is 1. The molecule has 1 heterocycles. The highest BCUT2D eigenvalue weighted by atomic mass is 32.1. The van der Waals surface area contributed by atoms with Crippen LogP contribution >= 0.6 is 11.3 Å². The Morgan fingerprint density at radius 1 is 1.36 bits per heavy atom. The van der Waals surface area contributed by atoms with Gasteiger partial charge in [0, 0.05) is 15.5 Å². The smallest absolute Gasteiger partial charge is 0.0348 e. The van der Waals surface area contributed by atoms with Crippen LogP contribution in [0.4, 0.5) is 0 Å². The van der Waals surface area contributed by atoms with E-state index >= 15 is 0 Å². The summed E-state index contributed by atoms with van der Waals surface area (Å²) in [4.78, 5) is 1.44. The first kappa shape index (κ1) is 9.69. The van der Waals surface area contributed by atoms with Crippen molar-refractivity contribution in [3.05, 3.63) is 34.7 Å². The van der Waals surface area contributed by atoms with Crippen LogP contribution in [0.3, 0.4) is 0 Å². The Morgan fingerprint density at radius 2 is 2.07 bits per heavy atom. The maximum atomic E-state index is 5.70. The number of hydrogen-bond acceptors (Lipinski definition) is 2. The predicted octanol–water partition coefficient (Wildman–Crippen LogP) is 3.27. The molecule has 0 saturated heterocycles. The Hall–Kier alpha value is -0.860. The molecule has 1 aromatic carbocycles. The molecule has 0 bridgehead atoms. The standard InChI is InChI=1S/C12H15NS/c1-8(7-13)12-9(2)10-5-3-4-6-11(10)14-12/h3-6,8H,7,13H2,1-2H3. The molecule has 2 aromatic rings. The van der Waals surface area contributed by atoms with E-state index in [1.165, 1.54) is 20.5 Å². The van der Waals surface area contributed by atoms with Gasteiger partial charge in [0.1, 0.15) is 0 Å². The average Bonchev–Trinajstić information content (AvgIpc) is 2.56. The van der Waals surface area contributed by atoms with Crippen LogP contribution in [0.1, 0.15) is 23.3 Å². The number of thiophene rings is 1. The van der Waals surface area contributed by atoms with Gasteiger partial charge >= 0.3 is 0 Å². The molecule has 0 amide bonds. The summed E-state index contributed by atoms with van der Waals surface area (Å²) in [5.74, 6) is 0.479. The van der Waals surface area contributed by atoms with Gasteiger partial charge in [-0.25, -0.2) is 0 Å². The van der Waals surface area contributed by atoms with Crippen LogP contribution in [0.5, 0.6) is 0 Å². The van der Waals surface area contributed by atoms with Crippen molar-refractivity contribution < 1.29 is 0 Å². The Kier molecular flexibility index (Phi) is 2.57. The molecule has 2 N–H and O–H groups in total. The molecule has 2 rings (SSSR count). The molecule has 1 unspecified atom stereocenters. The van der Waals surface area contributed by atoms with E-state index < -0.39 is 0 Å². The topological polar surface area (TPSA) is 26.0 Å². The van der Waals surface area contributed by atoms with Gasteiger partial charge in [-0.2, -0.15) is 0 Å². The molecule has 1 atom stereocenters. The van der Waals surface area contributed by atoms with E-state index in [1.54, 1.807) is 0 Å². The van der Waals surface area contributed by atoms with Crippen molar-refractivity contribution in [3.8, 4) is 0 Å². The highest BCUT2D eigenvalue weighted by molar-refractivity contribution is 7.19. The van der Waals surface area contributed by atoms with Gasteiger partial charge < -0.3 is 5.73 Å². The van der Waals surface area contributed by atoms with Gasteiger partial charge in [0.25, 0.3) is 0 Å². The Labute approximate surface area is 88.6 Å². The molecule has 0 fully saturated rings. The van der Waals surface area contributed by atoms with E-state index in [2.05, 4.69) is 38.1 Å². The van der Waals surface area contributed by atoms with Crippen molar-refractivity contribution in [3.63, 3.8) is 0 Å². The van der Waals surface area contributed by atoms with Crippen molar-refractivity contribution in [1.82, 2.24) is 0 Å². The second-order valence-corrected chi connectivity index (χ2v) is 4.81. The monoisotopic (exact) mass is 205 g/mol. The van der Waals surface area contributed by atoms with Gasteiger partial charge in [-0.15, -0.1) is 11.3 Å². The van der Waals surface area contributed by atoms with Crippen LogP contribution in [0.25, 0.3) is 10.1 Å². The fourth-order valence-corrected chi connectivity index (χ4v) is 3.05. The summed E-state index contributed by atoms with van der Waals surface area (Å²) in [7, 11) is 0. The number of fused-ring (bicyclic) bond motifs is 1. The van der Waals surface area contributed by atoms with Gasteiger partial charge in [0.15, 0.2) is 0 Å². The van der Waals surface area contributed by atoms with Crippen LogP contribution in [-0.4, -0.2) is 6.54 Å². The van der Waals surface area contributed by atoms with Crippen LogP contribution < -0.4 is 5.73 Å². The largest absolute Gasteiger partial charge is 0.330 e. The summed E-state index contributed by atoms with van der Waals surface area (Å²) in [6, 6.07) is 8.56. The van der Waals surface area contributed by atoms with E-state index in [0.29, 0.717) is 5.92 Å². The van der Waals surface area contributed by atoms with E-state index in [0.717, 1.165) is 6.54 Å². The van der Waals surface area contributed by atoms with Crippen molar-refractivity contribution in [2.24, 2.45) is 5.73 Å². The quantitative estimate of drug-likeness (QED) is 0.800. The number of hydrogen-bond donors (Lipinski definition) is 1. The van der Waals surface area contributed by atoms with E-state index in [4.69, 9.17) is 5.73 Å².